The Balaban J connectivity index is 1.09. The molecule has 5 fully saturated rings. The van der Waals surface area contributed by atoms with Crippen molar-refractivity contribution >= 4 is 0 Å². The van der Waals surface area contributed by atoms with E-state index in [0.29, 0.717) is 12.0 Å². The summed E-state index contributed by atoms with van der Waals surface area (Å²) >= 11 is 0. The predicted molar refractivity (Wildman–Crippen MR) is 99.7 cm³/mol. The molecular formula is C21H37NO4. The number of nitrogens with one attached hydrogen (secondary N) is 1. The van der Waals surface area contributed by atoms with Crippen molar-refractivity contribution in [1.82, 2.24) is 5.32 Å². The molecule has 4 saturated carbocycles. The van der Waals surface area contributed by atoms with Gasteiger partial charge in [0.2, 0.25) is 0 Å². The van der Waals surface area contributed by atoms with Gasteiger partial charge in [-0.1, -0.05) is 12.8 Å². The van der Waals surface area contributed by atoms with Gasteiger partial charge < -0.3 is 25.4 Å². The van der Waals surface area contributed by atoms with Crippen LogP contribution in [0.25, 0.3) is 0 Å². The van der Waals surface area contributed by atoms with Crippen molar-refractivity contribution < 1.29 is 20.1 Å². The van der Waals surface area contributed by atoms with Crippen molar-refractivity contribution in [2.75, 3.05) is 19.8 Å². The minimum Gasteiger partial charge on any atom is -0.389 e. The Morgan fingerprint density at radius 3 is 2.15 bits per heavy atom. The second kappa shape index (κ2) is 8.04. The Morgan fingerprint density at radius 2 is 1.50 bits per heavy atom. The first-order valence-corrected chi connectivity index (χ1v) is 10.9. The SMILES string of the molecule is O[C@@H]1[C@@H](O)[C@@H](CCCCCOCC23CC4CC(CC(C4)C2)C3)NC[C@H]1O. The van der Waals surface area contributed by atoms with E-state index in [9.17, 15) is 15.3 Å². The van der Waals surface area contributed by atoms with Crippen LogP contribution in [0.15, 0.2) is 0 Å². The van der Waals surface area contributed by atoms with Crippen LogP contribution in [0.3, 0.4) is 0 Å². The summed E-state index contributed by atoms with van der Waals surface area (Å²) in [4.78, 5) is 0. The van der Waals surface area contributed by atoms with Gasteiger partial charge in [0.05, 0.1) is 18.8 Å². The Bertz CT molecular complexity index is 436. The van der Waals surface area contributed by atoms with Gasteiger partial charge in [0.15, 0.2) is 0 Å². The van der Waals surface area contributed by atoms with E-state index in [4.69, 9.17) is 4.74 Å². The van der Waals surface area contributed by atoms with Gasteiger partial charge in [-0.05, 0) is 74.5 Å². The van der Waals surface area contributed by atoms with Gasteiger partial charge in [-0.3, -0.25) is 0 Å². The molecule has 4 N–H and O–H groups in total. The summed E-state index contributed by atoms with van der Waals surface area (Å²) in [5.74, 6) is 2.98. The van der Waals surface area contributed by atoms with Gasteiger partial charge in [0.1, 0.15) is 6.10 Å². The highest BCUT2D eigenvalue weighted by Gasteiger charge is 2.50. The molecule has 1 aliphatic heterocycles. The lowest BCUT2D eigenvalue weighted by molar-refractivity contribution is -0.0974. The Hall–Kier alpha value is -0.200. The van der Waals surface area contributed by atoms with Crippen LogP contribution in [0, 0.1) is 23.2 Å². The number of aliphatic hydroxyl groups is 3. The molecule has 0 spiro atoms. The largest absolute Gasteiger partial charge is 0.389 e. The van der Waals surface area contributed by atoms with Crippen molar-refractivity contribution in [3.05, 3.63) is 0 Å². The maximum Gasteiger partial charge on any atom is 0.108 e. The minimum absolute atomic E-state index is 0.110. The highest BCUT2D eigenvalue weighted by atomic mass is 16.5. The summed E-state index contributed by atoms with van der Waals surface area (Å²) in [6.45, 7) is 2.18. The van der Waals surface area contributed by atoms with Crippen LogP contribution >= 0.6 is 0 Å². The first-order valence-electron chi connectivity index (χ1n) is 10.9. The van der Waals surface area contributed by atoms with Crippen LogP contribution in [0.5, 0.6) is 0 Å². The quantitative estimate of drug-likeness (QED) is 0.492. The number of hydrogen-bond donors (Lipinski definition) is 4. The maximum atomic E-state index is 10.0. The molecule has 0 radical (unpaired) electrons. The highest BCUT2D eigenvalue weighted by Crippen LogP contribution is 2.60. The number of piperidine rings is 1. The molecule has 150 valence electrons. The van der Waals surface area contributed by atoms with E-state index in [1.165, 1.54) is 38.5 Å². The molecule has 0 aromatic carbocycles. The zero-order chi connectivity index (χ0) is 18.1. The molecule has 5 rings (SSSR count). The monoisotopic (exact) mass is 367 g/mol. The molecule has 5 heteroatoms. The second-order valence-corrected chi connectivity index (χ2v) is 9.88. The number of hydrogen-bond acceptors (Lipinski definition) is 5. The smallest absolute Gasteiger partial charge is 0.108 e. The van der Waals surface area contributed by atoms with E-state index < -0.39 is 18.3 Å². The Labute approximate surface area is 157 Å². The number of β-amino-alcohol motifs (C(OH)–C–C–N with tert-alkyl or cyclic N) is 1. The van der Waals surface area contributed by atoms with E-state index in [-0.39, 0.29) is 6.04 Å². The summed E-state index contributed by atoms with van der Waals surface area (Å²) in [6, 6.07) is -0.110. The van der Waals surface area contributed by atoms with Gasteiger partial charge in [-0.25, -0.2) is 0 Å². The fraction of sp³-hybridized carbons (Fsp3) is 1.00. The fourth-order valence-corrected chi connectivity index (χ4v) is 6.75. The number of ether oxygens (including phenoxy) is 1. The lowest BCUT2D eigenvalue weighted by Crippen LogP contribution is -2.59. The van der Waals surface area contributed by atoms with Crippen LogP contribution in [-0.4, -0.2) is 59.4 Å². The van der Waals surface area contributed by atoms with Crippen molar-refractivity contribution in [3.8, 4) is 0 Å². The van der Waals surface area contributed by atoms with Crippen LogP contribution in [0.2, 0.25) is 0 Å². The van der Waals surface area contributed by atoms with Gasteiger partial charge in [-0.15, -0.1) is 0 Å². The normalized spacial score (nSPS) is 47.4. The molecule has 4 atom stereocenters. The number of unbranched alkanes of at least 4 members (excludes halogenated alkanes) is 2. The summed E-state index contributed by atoms with van der Waals surface area (Å²) in [7, 11) is 0. The lowest BCUT2D eigenvalue weighted by atomic mass is 9.50. The van der Waals surface area contributed by atoms with E-state index in [1.807, 2.05) is 0 Å². The molecule has 1 heterocycles. The lowest BCUT2D eigenvalue weighted by Gasteiger charge is -2.56. The zero-order valence-corrected chi connectivity index (χ0v) is 16.0. The first-order chi connectivity index (χ1) is 12.5. The highest BCUT2D eigenvalue weighted by molar-refractivity contribution is 5.01. The van der Waals surface area contributed by atoms with Crippen LogP contribution in [-0.2, 0) is 4.74 Å². The molecule has 4 aliphatic carbocycles. The summed E-state index contributed by atoms with van der Waals surface area (Å²) < 4.78 is 6.12. The third-order valence-corrected chi connectivity index (χ3v) is 7.62. The molecule has 0 aromatic heterocycles. The molecule has 5 aliphatic rings. The Kier molecular flexibility index (Phi) is 5.92. The molecule has 5 nitrogen and oxygen atoms in total. The Morgan fingerprint density at radius 1 is 0.846 bits per heavy atom. The van der Waals surface area contributed by atoms with Gasteiger partial charge >= 0.3 is 0 Å². The van der Waals surface area contributed by atoms with Gasteiger partial charge in [0, 0.05) is 19.2 Å². The molecule has 26 heavy (non-hydrogen) atoms. The molecule has 0 amide bonds. The van der Waals surface area contributed by atoms with Crippen LogP contribution in [0.1, 0.15) is 64.2 Å². The van der Waals surface area contributed by atoms with E-state index in [1.54, 1.807) is 0 Å². The topological polar surface area (TPSA) is 82.0 Å². The zero-order valence-electron chi connectivity index (χ0n) is 16.0. The maximum absolute atomic E-state index is 10.0. The van der Waals surface area contributed by atoms with Crippen molar-refractivity contribution in [3.63, 3.8) is 0 Å². The summed E-state index contributed by atoms with van der Waals surface area (Å²) in [6.07, 6.45) is 9.97. The molecular weight excluding hydrogens is 330 g/mol. The number of aliphatic hydroxyl groups excluding tert-OH is 3. The first kappa shape index (κ1) is 19.1. The summed E-state index contributed by atoms with van der Waals surface area (Å²) in [5.41, 5.74) is 0.516. The van der Waals surface area contributed by atoms with Crippen molar-refractivity contribution in [2.24, 2.45) is 23.2 Å². The number of rotatable bonds is 8. The van der Waals surface area contributed by atoms with Crippen LogP contribution in [0.4, 0.5) is 0 Å². The third-order valence-electron chi connectivity index (χ3n) is 7.62. The average Bonchev–Trinajstić information content (AvgIpc) is 2.59. The molecule has 1 saturated heterocycles. The van der Waals surface area contributed by atoms with Gasteiger partial charge in [-0.2, -0.15) is 0 Å². The van der Waals surface area contributed by atoms with E-state index >= 15 is 0 Å². The standard InChI is InChI=1S/C21H37NO4/c23-18-12-22-17(19(24)20(18)25)4-2-1-3-5-26-13-21-9-14-6-15(10-21)8-16(7-14)11-21/h14-20,22-25H,1-13H2/t14?,15?,16?,17-,18-,19+,20+,21?/m1/s1. The average molecular weight is 368 g/mol. The molecule has 0 aromatic rings. The van der Waals surface area contributed by atoms with Gasteiger partial charge in [0.25, 0.3) is 0 Å². The fourth-order valence-electron chi connectivity index (χ4n) is 6.75. The summed E-state index contributed by atoms with van der Waals surface area (Å²) in [5, 5.41) is 32.4. The van der Waals surface area contributed by atoms with E-state index in [2.05, 4.69) is 5.32 Å². The van der Waals surface area contributed by atoms with Crippen molar-refractivity contribution in [2.45, 2.75) is 88.6 Å². The molecule has 4 bridgehead atoms. The second-order valence-electron chi connectivity index (χ2n) is 9.88. The predicted octanol–water partition coefficient (Wildman–Crippen LogP) is 1.83. The van der Waals surface area contributed by atoms with Crippen molar-refractivity contribution in [1.29, 1.82) is 0 Å². The minimum atomic E-state index is -1.02. The molecule has 0 unspecified atom stereocenters. The van der Waals surface area contributed by atoms with Crippen LogP contribution < -0.4 is 5.32 Å². The third kappa shape index (κ3) is 4.12. The van der Waals surface area contributed by atoms with E-state index in [0.717, 1.165) is 56.7 Å².